The second kappa shape index (κ2) is 13.9. The van der Waals surface area contributed by atoms with E-state index in [9.17, 15) is 10.1 Å². The summed E-state index contributed by atoms with van der Waals surface area (Å²) in [5.74, 6) is 0.188. The summed E-state index contributed by atoms with van der Waals surface area (Å²) in [5, 5.41) is 13.8. The molecule has 0 saturated heterocycles. The number of anilines is 1. The molecule has 0 aliphatic heterocycles. The maximum atomic E-state index is 12.9. The quantitative estimate of drug-likeness (QED) is 0.244. The topological polar surface area (TPSA) is 75.0 Å². The number of carbonyl (C=O) groups is 1. The van der Waals surface area contributed by atoms with Gasteiger partial charge in [-0.15, -0.1) is 0 Å². The van der Waals surface area contributed by atoms with Gasteiger partial charge in [0.2, 0.25) is 0 Å². The minimum absolute atomic E-state index is 0.263. The fraction of sp³-hybridized carbons (Fsp3) is 0.345. The van der Waals surface area contributed by atoms with Crippen LogP contribution in [-0.2, 0) is 17.6 Å². The molecule has 3 rings (SSSR count). The summed E-state index contributed by atoms with van der Waals surface area (Å²) in [5.41, 5.74) is 4.19. The van der Waals surface area contributed by atoms with Gasteiger partial charge in [0, 0.05) is 16.3 Å². The van der Waals surface area contributed by atoms with E-state index in [4.69, 9.17) is 32.9 Å². The predicted octanol–water partition coefficient (Wildman–Crippen LogP) is 8.02. The van der Waals surface area contributed by atoms with Crippen LogP contribution >= 0.6 is 23.2 Å². The summed E-state index contributed by atoms with van der Waals surface area (Å²) in [4.78, 5) is 17.7. The SMILES string of the molecule is CCCCCc1nc(NC(=O)COc2ccc(Cl)cc2Cl)c(C#N)c(-c2ccccc2)c1CCCC. The number of nitriles is 1. The van der Waals surface area contributed by atoms with Crippen LogP contribution in [0, 0.1) is 11.3 Å². The number of amides is 1. The number of unbranched alkanes of at least 4 members (excludes halogenated alkanes) is 3. The number of carbonyl (C=O) groups excluding carboxylic acids is 1. The number of nitrogens with one attached hydrogen (secondary N) is 1. The summed E-state index contributed by atoms with van der Waals surface area (Å²) in [6, 6.07) is 17.0. The Morgan fingerprint density at radius 1 is 1.03 bits per heavy atom. The van der Waals surface area contributed by atoms with Gasteiger partial charge in [0.15, 0.2) is 12.4 Å². The number of rotatable bonds is 12. The molecule has 1 aromatic heterocycles. The van der Waals surface area contributed by atoms with Gasteiger partial charge in [-0.05, 0) is 55.0 Å². The fourth-order valence-corrected chi connectivity index (χ4v) is 4.53. The van der Waals surface area contributed by atoms with Crippen LogP contribution in [-0.4, -0.2) is 17.5 Å². The van der Waals surface area contributed by atoms with E-state index in [1.807, 2.05) is 30.3 Å². The van der Waals surface area contributed by atoms with Gasteiger partial charge in [0.05, 0.1) is 5.02 Å². The van der Waals surface area contributed by atoms with Crippen molar-refractivity contribution >= 4 is 34.9 Å². The highest BCUT2D eigenvalue weighted by molar-refractivity contribution is 6.35. The van der Waals surface area contributed by atoms with Crippen LogP contribution in [0.2, 0.25) is 10.0 Å². The highest BCUT2D eigenvalue weighted by Crippen LogP contribution is 2.35. The number of hydrogen-bond acceptors (Lipinski definition) is 4. The van der Waals surface area contributed by atoms with Gasteiger partial charge >= 0.3 is 0 Å². The molecule has 0 aliphatic rings. The molecule has 0 radical (unpaired) electrons. The second-order valence-electron chi connectivity index (χ2n) is 8.59. The average Bonchev–Trinajstić information content (AvgIpc) is 2.87. The molecule has 5 nitrogen and oxygen atoms in total. The zero-order chi connectivity index (χ0) is 25.9. The number of hydrogen-bond donors (Lipinski definition) is 1. The standard InChI is InChI=1S/C29H31Cl2N3O2/c1-3-5-8-14-25-22(13-6-4-2)28(20-11-9-7-10-12-20)23(18-32)29(33-25)34-27(35)19-36-26-16-15-21(30)17-24(26)31/h7,9-12,15-17H,3-6,8,13-14,19H2,1-2H3,(H,33,34,35). The first-order valence-electron chi connectivity index (χ1n) is 12.4. The molecule has 1 N–H and O–H groups in total. The molecule has 188 valence electrons. The summed E-state index contributed by atoms with van der Waals surface area (Å²) >= 11 is 12.1. The highest BCUT2D eigenvalue weighted by Gasteiger charge is 2.22. The Hall–Kier alpha value is -3.07. The third-order valence-corrected chi connectivity index (χ3v) is 6.40. The molecular formula is C29H31Cl2N3O2. The number of pyridine rings is 1. The Balaban J connectivity index is 1.99. The molecule has 7 heteroatoms. The molecule has 0 saturated carbocycles. The maximum absolute atomic E-state index is 12.9. The normalized spacial score (nSPS) is 10.6. The lowest BCUT2D eigenvalue weighted by Gasteiger charge is -2.19. The highest BCUT2D eigenvalue weighted by atomic mass is 35.5. The van der Waals surface area contributed by atoms with E-state index in [1.54, 1.807) is 18.2 Å². The summed E-state index contributed by atoms with van der Waals surface area (Å²) in [6.45, 7) is 4.04. The van der Waals surface area contributed by atoms with Crippen molar-refractivity contribution in [1.82, 2.24) is 4.98 Å². The number of aryl methyl sites for hydroxylation is 1. The summed E-state index contributed by atoms with van der Waals surface area (Å²) in [6.07, 6.45) is 6.83. The van der Waals surface area contributed by atoms with E-state index in [-0.39, 0.29) is 12.4 Å². The van der Waals surface area contributed by atoms with Crippen molar-refractivity contribution in [2.45, 2.75) is 58.8 Å². The molecule has 0 spiro atoms. The monoisotopic (exact) mass is 523 g/mol. The molecule has 0 unspecified atom stereocenters. The molecule has 3 aromatic rings. The van der Waals surface area contributed by atoms with Gasteiger partial charge in [0.1, 0.15) is 17.4 Å². The lowest BCUT2D eigenvalue weighted by molar-refractivity contribution is -0.118. The van der Waals surface area contributed by atoms with Crippen LogP contribution in [0.4, 0.5) is 5.82 Å². The first kappa shape index (κ1) is 27.5. The van der Waals surface area contributed by atoms with Gasteiger partial charge in [-0.1, -0.05) is 86.6 Å². The first-order valence-corrected chi connectivity index (χ1v) is 13.1. The van der Waals surface area contributed by atoms with E-state index in [0.717, 1.165) is 67.3 Å². The van der Waals surface area contributed by atoms with Crippen LogP contribution in [0.3, 0.4) is 0 Å². The second-order valence-corrected chi connectivity index (χ2v) is 9.43. The van der Waals surface area contributed by atoms with Crippen molar-refractivity contribution in [2.75, 3.05) is 11.9 Å². The van der Waals surface area contributed by atoms with Crippen molar-refractivity contribution in [3.05, 3.63) is 75.4 Å². The lowest BCUT2D eigenvalue weighted by atomic mass is 9.89. The Labute approximate surface area is 223 Å². The average molecular weight is 524 g/mol. The lowest BCUT2D eigenvalue weighted by Crippen LogP contribution is -2.22. The van der Waals surface area contributed by atoms with Crippen LogP contribution < -0.4 is 10.1 Å². The van der Waals surface area contributed by atoms with Crippen molar-refractivity contribution in [3.63, 3.8) is 0 Å². The van der Waals surface area contributed by atoms with Gasteiger partial charge < -0.3 is 10.1 Å². The largest absolute Gasteiger partial charge is 0.482 e. The molecule has 0 aliphatic carbocycles. The molecular weight excluding hydrogens is 493 g/mol. The van der Waals surface area contributed by atoms with Crippen LogP contribution in [0.1, 0.15) is 62.8 Å². The third kappa shape index (κ3) is 7.22. The van der Waals surface area contributed by atoms with E-state index in [1.165, 1.54) is 0 Å². The van der Waals surface area contributed by atoms with Gasteiger partial charge in [0.25, 0.3) is 5.91 Å². The van der Waals surface area contributed by atoms with Crippen LogP contribution in [0.5, 0.6) is 5.75 Å². The van der Waals surface area contributed by atoms with Crippen molar-refractivity contribution < 1.29 is 9.53 Å². The Morgan fingerprint density at radius 3 is 2.44 bits per heavy atom. The van der Waals surface area contributed by atoms with Crippen LogP contribution in [0.25, 0.3) is 11.1 Å². The van der Waals surface area contributed by atoms with Crippen molar-refractivity contribution in [3.8, 4) is 22.9 Å². The molecule has 0 fully saturated rings. The molecule has 36 heavy (non-hydrogen) atoms. The molecule has 2 aromatic carbocycles. The van der Waals surface area contributed by atoms with E-state index >= 15 is 0 Å². The number of benzene rings is 2. The molecule has 0 atom stereocenters. The number of nitrogens with zero attached hydrogens (tertiary/aromatic N) is 2. The molecule has 1 heterocycles. The number of aromatic nitrogens is 1. The van der Waals surface area contributed by atoms with Gasteiger partial charge in [-0.3, -0.25) is 4.79 Å². The minimum Gasteiger partial charge on any atom is -0.482 e. The zero-order valence-electron chi connectivity index (χ0n) is 20.7. The van der Waals surface area contributed by atoms with Crippen molar-refractivity contribution in [2.24, 2.45) is 0 Å². The first-order chi connectivity index (χ1) is 17.5. The van der Waals surface area contributed by atoms with Crippen LogP contribution in [0.15, 0.2) is 48.5 Å². The van der Waals surface area contributed by atoms with Gasteiger partial charge in [-0.2, -0.15) is 5.26 Å². The Bertz CT molecular complexity index is 1220. The number of ether oxygens (including phenoxy) is 1. The summed E-state index contributed by atoms with van der Waals surface area (Å²) in [7, 11) is 0. The Morgan fingerprint density at radius 2 is 1.78 bits per heavy atom. The smallest absolute Gasteiger partial charge is 0.263 e. The molecule has 0 bridgehead atoms. The van der Waals surface area contributed by atoms with E-state index in [2.05, 4.69) is 25.2 Å². The summed E-state index contributed by atoms with van der Waals surface area (Å²) < 4.78 is 5.59. The number of halogens is 2. The predicted molar refractivity (Wildman–Crippen MR) is 147 cm³/mol. The zero-order valence-corrected chi connectivity index (χ0v) is 22.3. The van der Waals surface area contributed by atoms with E-state index < -0.39 is 5.91 Å². The minimum atomic E-state index is -0.426. The van der Waals surface area contributed by atoms with Crippen molar-refractivity contribution in [1.29, 1.82) is 5.26 Å². The van der Waals surface area contributed by atoms with E-state index in [0.29, 0.717) is 21.4 Å². The third-order valence-electron chi connectivity index (χ3n) is 5.87. The van der Waals surface area contributed by atoms with Gasteiger partial charge in [-0.25, -0.2) is 4.98 Å². The maximum Gasteiger partial charge on any atom is 0.263 e. The molecule has 1 amide bonds. The Kier molecular flexibility index (Phi) is 10.6. The fourth-order valence-electron chi connectivity index (χ4n) is 4.07.